The van der Waals surface area contributed by atoms with E-state index in [0.717, 1.165) is 18.7 Å². The van der Waals surface area contributed by atoms with Gasteiger partial charge in [0.2, 0.25) is 0 Å². The van der Waals surface area contributed by atoms with E-state index in [0.29, 0.717) is 30.0 Å². The molecule has 2 aromatic rings. The normalized spacial score (nSPS) is 14.9. The highest BCUT2D eigenvalue weighted by atomic mass is 35.5. The fraction of sp³-hybridized carbons (Fsp3) is 0.316. The van der Waals surface area contributed by atoms with Gasteiger partial charge in [0.15, 0.2) is 0 Å². The number of hydrogen-bond donors (Lipinski definition) is 1. The minimum absolute atomic E-state index is 0.0573. The summed E-state index contributed by atoms with van der Waals surface area (Å²) < 4.78 is 0. The maximum atomic E-state index is 12.5. The molecule has 8 heteroatoms. The third kappa shape index (κ3) is 4.37. The van der Waals surface area contributed by atoms with Crippen LogP contribution in [0.4, 0.5) is 17.1 Å². The molecule has 142 valence electrons. The Labute approximate surface area is 162 Å². The first-order valence-electron chi connectivity index (χ1n) is 8.64. The van der Waals surface area contributed by atoms with E-state index in [1.807, 2.05) is 24.9 Å². The molecule has 1 amide bonds. The third-order valence-corrected chi connectivity index (χ3v) is 4.95. The van der Waals surface area contributed by atoms with Gasteiger partial charge in [-0.1, -0.05) is 29.3 Å². The molecule has 0 spiro atoms. The lowest BCUT2D eigenvalue weighted by Crippen LogP contribution is -2.44. The lowest BCUT2D eigenvalue weighted by atomic mass is 10.1. The number of carbonyl (C=O) groups excluding carboxylic acids is 1. The first-order valence-corrected chi connectivity index (χ1v) is 9.02. The smallest absolute Gasteiger partial charge is 0.294 e. The molecular weight excluding hydrogens is 368 g/mol. The van der Waals surface area contributed by atoms with E-state index in [1.54, 1.807) is 24.3 Å². The van der Waals surface area contributed by atoms with Crippen molar-refractivity contribution in [2.75, 3.05) is 43.4 Å². The Balaban J connectivity index is 1.92. The molecular formula is C19H21ClN4O3. The summed E-state index contributed by atoms with van der Waals surface area (Å²) in [4.78, 5) is 27.7. The molecule has 0 unspecified atom stereocenters. The quantitative estimate of drug-likeness (QED) is 0.640. The summed E-state index contributed by atoms with van der Waals surface area (Å²) in [5, 5.41) is 14.4. The van der Waals surface area contributed by atoms with E-state index in [9.17, 15) is 14.9 Å². The average molecular weight is 389 g/mol. The van der Waals surface area contributed by atoms with Crippen molar-refractivity contribution in [1.82, 2.24) is 4.90 Å². The van der Waals surface area contributed by atoms with Crippen LogP contribution in [0.15, 0.2) is 36.4 Å². The van der Waals surface area contributed by atoms with E-state index in [4.69, 9.17) is 11.6 Å². The molecule has 1 aliphatic rings. The van der Waals surface area contributed by atoms with Crippen molar-refractivity contribution < 1.29 is 9.72 Å². The fourth-order valence-electron chi connectivity index (χ4n) is 3.07. The average Bonchev–Trinajstić information content (AvgIpc) is 2.63. The van der Waals surface area contributed by atoms with Crippen LogP contribution in [0.5, 0.6) is 0 Å². The van der Waals surface area contributed by atoms with Gasteiger partial charge in [0, 0.05) is 37.8 Å². The molecule has 3 rings (SSSR count). The number of nitro benzene ring substituents is 1. The highest BCUT2D eigenvalue weighted by molar-refractivity contribution is 6.34. The van der Waals surface area contributed by atoms with Gasteiger partial charge in [-0.05, 0) is 32.2 Å². The van der Waals surface area contributed by atoms with Gasteiger partial charge >= 0.3 is 0 Å². The van der Waals surface area contributed by atoms with Gasteiger partial charge in [-0.15, -0.1) is 0 Å². The fourth-order valence-corrected chi connectivity index (χ4v) is 3.28. The summed E-state index contributed by atoms with van der Waals surface area (Å²) in [6, 6.07) is 10.1. The third-order valence-electron chi connectivity index (χ3n) is 4.63. The molecule has 0 atom stereocenters. The zero-order valence-electron chi connectivity index (χ0n) is 15.2. The van der Waals surface area contributed by atoms with Crippen LogP contribution in [0.2, 0.25) is 5.02 Å². The molecule has 1 saturated heterocycles. The van der Waals surface area contributed by atoms with Gasteiger partial charge in [-0.3, -0.25) is 14.9 Å². The molecule has 7 nitrogen and oxygen atoms in total. The van der Waals surface area contributed by atoms with Crippen LogP contribution >= 0.6 is 11.6 Å². The Kier molecular flexibility index (Phi) is 5.62. The van der Waals surface area contributed by atoms with Crippen molar-refractivity contribution in [2.24, 2.45) is 0 Å². The van der Waals surface area contributed by atoms with Crippen LogP contribution in [0.25, 0.3) is 0 Å². The number of nitrogens with one attached hydrogen (secondary N) is 1. The van der Waals surface area contributed by atoms with E-state index in [2.05, 4.69) is 10.2 Å². The molecule has 27 heavy (non-hydrogen) atoms. The van der Waals surface area contributed by atoms with E-state index in [1.165, 1.54) is 6.07 Å². The zero-order valence-corrected chi connectivity index (χ0v) is 16.0. The van der Waals surface area contributed by atoms with Crippen LogP contribution in [0.1, 0.15) is 15.9 Å². The largest absolute Gasteiger partial charge is 0.363 e. The zero-order chi connectivity index (χ0) is 19.6. The standard InChI is InChI=1S/C19H21ClN4O3/c1-13-4-3-5-14(10-13)19(25)21-16-12-17(18(24(26)27)11-15(16)20)23-8-6-22(2)7-9-23/h3-5,10-12H,6-9H2,1-2H3,(H,21,25). The number of nitrogens with zero attached hydrogens (tertiary/aromatic N) is 3. The van der Waals surface area contributed by atoms with Crippen molar-refractivity contribution in [3.05, 3.63) is 62.7 Å². The second kappa shape index (κ2) is 7.94. The maximum Gasteiger partial charge on any atom is 0.294 e. The molecule has 0 radical (unpaired) electrons. The summed E-state index contributed by atoms with van der Waals surface area (Å²) in [7, 11) is 2.01. The van der Waals surface area contributed by atoms with Crippen LogP contribution < -0.4 is 10.2 Å². The topological polar surface area (TPSA) is 78.7 Å². The number of carbonyl (C=O) groups is 1. The van der Waals surface area contributed by atoms with Crippen molar-refractivity contribution >= 4 is 34.6 Å². The Bertz CT molecular complexity index is 879. The van der Waals surface area contributed by atoms with Gasteiger partial charge in [-0.2, -0.15) is 0 Å². The SMILES string of the molecule is Cc1cccc(C(=O)Nc2cc(N3CCN(C)CC3)c([N+](=O)[O-])cc2Cl)c1. The van der Waals surface area contributed by atoms with Crippen LogP contribution in [0.3, 0.4) is 0 Å². The number of aryl methyl sites for hydroxylation is 1. The number of nitro groups is 1. The monoisotopic (exact) mass is 388 g/mol. The molecule has 2 aromatic carbocycles. The summed E-state index contributed by atoms with van der Waals surface area (Å²) in [5.41, 5.74) is 2.25. The van der Waals surface area contributed by atoms with E-state index >= 15 is 0 Å². The first-order chi connectivity index (χ1) is 12.8. The van der Waals surface area contributed by atoms with Crippen molar-refractivity contribution in [3.63, 3.8) is 0 Å². The number of anilines is 2. The highest BCUT2D eigenvalue weighted by Gasteiger charge is 2.25. The maximum absolute atomic E-state index is 12.5. The lowest BCUT2D eigenvalue weighted by Gasteiger charge is -2.33. The molecule has 0 aliphatic carbocycles. The number of likely N-dealkylation sites (N-methyl/N-ethyl adjacent to an activating group) is 1. The van der Waals surface area contributed by atoms with E-state index < -0.39 is 4.92 Å². The van der Waals surface area contributed by atoms with Crippen molar-refractivity contribution in [3.8, 4) is 0 Å². The van der Waals surface area contributed by atoms with Crippen LogP contribution in [-0.4, -0.2) is 49.0 Å². The molecule has 1 N–H and O–H groups in total. The van der Waals surface area contributed by atoms with Gasteiger partial charge in [0.1, 0.15) is 5.69 Å². The molecule has 1 aliphatic heterocycles. The predicted octanol–water partition coefficient (Wildman–Crippen LogP) is 3.56. The number of rotatable bonds is 4. The summed E-state index contributed by atoms with van der Waals surface area (Å²) in [5.74, 6) is -0.307. The highest BCUT2D eigenvalue weighted by Crippen LogP contribution is 2.37. The molecule has 1 fully saturated rings. The van der Waals surface area contributed by atoms with Gasteiger partial charge < -0.3 is 15.1 Å². The Morgan fingerprint density at radius 2 is 1.89 bits per heavy atom. The Morgan fingerprint density at radius 3 is 2.52 bits per heavy atom. The van der Waals surface area contributed by atoms with Gasteiger partial charge in [0.05, 0.1) is 15.6 Å². The molecule has 1 heterocycles. The molecule has 0 bridgehead atoms. The molecule has 0 aromatic heterocycles. The Hall–Kier alpha value is -2.64. The van der Waals surface area contributed by atoms with Gasteiger partial charge in [-0.25, -0.2) is 0 Å². The lowest BCUT2D eigenvalue weighted by molar-refractivity contribution is -0.384. The van der Waals surface area contributed by atoms with Crippen LogP contribution in [0, 0.1) is 17.0 Å². The number of halogens is 1. The second-order valence-corrected chi connectivity index (χ2v) is 7.10. The number of hydrogen-bond acceptors (Lipinski definition) is 5. The number of benzene rings is 2. The minimum atomic E-state index is -0.439. The van der Waals surface area contributed by atoms with Crippen molar-refractivity contribution in [1.29, 1.82) is 0 Å². The number of amides is 1. The molecule has 0 saturated carbocycles. The summed E-state index contributed by atoms with van der Waals surface area (Å²) in [6.07, 6.45) is 0. The van der Waals surface area contributed by atoms with Crippen LogP contribution in [-0.2, 0) is 0 Å². The second-order valence-electron chi connectivity index (χ2n) is 6.69. The van der Waals surface area contributed by atoms with E-state index in [-0.39, 0.29) is 16.6 Å². The summed E-state index contributed by atoms with van der Waals surface area (Å²) >= 11 is 6.22. The minimum Gasteiger partial charge on any atom is -0.363 e. The predicted molar refractivity (Wildman–Crippen MR) is 107 cm³/mol. The van der Waals surface area contributed by atoms with Gasteiger partial charge in [0.25, 0.3) is 11.6 Å². The number of piperazine rings is 1. The Morgan fingerprint density at radius 1 is 1.19 bits per heavy atom. The first kappa shape index (κ1) is 19.1. The van der Waals surface area contributed by atoms with Crippen molar-refractivity contribution in [2.45, 2.75) is 6.92 Å². The summed E-state index contributed by atoms with van der Waals surface area (Å²) in [6.45, 7) is 4.87.